The second-order valence-corrected chi connectivity index (χ2v) is 9.61. The second-order valence-electron chi connectivity index (χ2n) is 7.27. The quantitative estimate of drug-likeness (QED) is 0.572. The molecule has 0 aromatic heterocycles. The number of sulfonamides is 1. The summed E-state index contributed by atoms with van der Waals surface area (Å²) < 4.78 is 38.0. The van der Waals surface area contributed by atoms with Crippen molar-refractivity contribution < 1.29 is 22.7 Å². The second kappa shape index (κ2) is 10.8. The fourth-order valence-corrected chi connectivity index (χ4v) is 4.93. The third-order valence-electron chi connectivity index (χ3n) is 4.96. The Balaban J connectivity index is 1.43. The van der Waals surface area contributed by atoms with Crippen LogP contribution in [-0.2, 0) is 14.8 Å². The number of carbonyl (C=O) groups is 1. The van der Waals surface area contributed by atoms with Crippen molar-refractivity contribution in [3.05, 3.63) is 53.6 Å². The predicted octanol–water partition coefficient (Wildman–Crippen LogP) is 3.48. The minimum Gasteiger partial charge on any atom is -0.492 e. The highest BCUT2D eigenvalue weighted by Crippen LogP contribution is 2.24. The third kappa shape index (κ3) is 6.35. The monoisotopic (exact) mass is 466 g/mol. The van der Waals surface area contributed by atoms with Crippen LogP contribution in [0.1, 0.15) is 26.2 Å². The zero-order valence-corrected chi connectivity index (χ0v) is 19.0. The number of amides is 1. The molecule has 1 atom stereocenters. The van der Waals surface area contributed by atoms with Crippen molar-refractivity contribution >= 4 is 27.5 Å². The fraction of sp³-hybridized carbons (Fsp3) is 0.409. The van der Waals surface area contributed by atoms with Crippen LogP contribution in [0.2, 0.25) is 5.02 Å². The van der Waals surface area contributed by atoms with Crippen molar-refractivity contribution in [2.45, 2.75) is 37.2 Å². The molecule has 2 aromatic carbocycles. The van der Waals surface area contributed by atoms with E-state index >= 15 is 0 Å². The van der Waals surface area contributed by atoms with E-state index in [0.29, 0.717) is 29.6 Å². The molecule has 1 unspecified atom stereocenters. The first-order valence-electron chi connectivity index (χ1n) is 10.3. The van der Waals surface area contributed by atoms with Crippen molar-refractivity contribution in [2.75, 3.05) is 26.2 Å². The molecule has 1 heterocycles. The Morgan fingerprint density at radius 3 is 2.45 bits per heavy atom. The van der Waals surface area contributed by atoms with Crippen molar-refractivity contribution in [1.29, 1.82) is 0 Å². The summed E-state index contributed by atoms with van der Waals surface area (Å²) in [6.07, 6.45) is 2.15. The van der Waals surface area contributed by atoms with Crippen molar-refractivity contribution in [2.24, 2.45) is 0 Å². The van der Waals surface area contributed by atoms with Gasteiger partial charge in [0.2, 0.25) is 10.0 Å². The number of ether oxygens (including phenoxy) is 2. The zero-order chi connectivity index (χ0) is 22.3. The molecule has 1 fully saturated rings. The number of piperidine rings is 1. The maximum atomic E-state index is 12.7. The molecule has 9 heteroatoms. The van der Waals surface area contributed by atoms with E-state index in [1.165, 1.54) is 4.31 Å². The smallest absolute Gasteiger partial charge is 0.260 e. The summed E-state index contributed by atoms with van der Waals surface area (Å²) in [5.74, 6) is 0.696. The summed E-state index contributed by atoms with van der Waals surface area (Å²) in [6, 6.07) is 13.3. The summed E-state index contributed by atoms with van der Waals surface area (Å²) >= 11 is 6.03. The lowest BCUT2D eigenvalue weighted by molar-refractivity contribution is -0.127. The van der Waals surface area contributed by atoms with Crippen molar-refractivity contribution in [3.8, 4) is 11.5 Å². The molecule has 7 nitrogen and oxygen atoms in total. The normalized spacial score (nSPS) is 15.8. The van der Waals surface area contributed by atoms with Crippen LogP contribution in [0.25, 0.3) is 0 Å². The molecule has 0 bridgehead atoms. The highest BCUT2D eigenvalue weighted by atomic mass is 35.5. The standard InChI is InChI=1S/C22H27ClN2O5S/c1-17(30-21-8-4-3-7-20(21)23)22(26)24-13-16-29-18-9-11-19(12-10-18)31(27,28)25-14-5-2-6-15-25/h3-4,7-12,17H,2,5-6,13-16H2,1H3,(H,24,26). The van der Waals surface area contributed by atoms with Gasteiger partial charge in [-0.3, -0.25) is 4.79 Å². The molecule has 0 radical (unpaired) electrons. The van der Waals surface area contributed by atoms with Crippen LogP contribution in [0.3, 0.4) is 0 Å². The van der Waals surface area contributed by atoms with Crippen LogP contribution >= 0.6 is 11.6 Å². The minimum atomic E-state index is -3.46. The van der Waals surface area contributed by atoms with Gasteiger partial charge in [0.1, 0.15) is 18.1 Å². The van der Waals surface area contributed by atoms with Crippen LogP contribution in [0.4, 0.5) is 0 Å². The van der Waals surface area contributed by atoms with E-state index in [1.807, 2.05) is 0 Å². The molecule has 0 saturated carbocycles. The topological polar surface area (TPSA) is 84.9 Å². The van der Waals surface area contributed by atoms with E-state index < -0.39 is 16.1 Å². The molecule has 2 aromatic rings. The van der Waals surface area contributed by atoms with Crippen LogP contribution < -0.4 is 14.8 Å². The average Bonchev–Trinajstić information content (AvgIpc) is 2.79. The lowest BCUT2D eigenvalue weighted by atomic mass is 10.2. The summed E-state index contributed by atoms with van der Waals surface area (Å²) in [4.78, 5) is 12.4. The first kappa shape index (κ1) is 23.4. The number of benzene rings is 2. The van der Waals surface area contributed by atoms with Gasteiger partial charge in [-0.25, -0.2) is 8.42 Å². The van der Waals surface area contributed by atoms with E-state index in [1.54, 1.807) is 55.5 Å². The first-order valence-corrected chi connectivity index (χ1v) is 12.1. The van der Waals surface area contributed by atoms with Crippen molar-refractivity contribution in [1.82, 2.24) is 9.62 Å². The molecule has 1 N–H and O–H groups in total. The number of nitrogens with one attached hydrogen (secondary N) is 1. The van der Waals surface area contributed by atoms with Gasteiger partial charge in [-0.15, -0.1) is 0 Å². The molecular formula is C22H27ClN2O5S. The molecule has 168 valence electrons. The molecule has 31 heavy (non-hydrogen) atoms. The fourth-order valence-electron chi connectivity index (χ4n) is 3.23. The number of rotatable bonds is 9. The Morgan fingerprint density at radius 1 is 1.10 bits per heavy atom. The van der Waals surface area contributed by atoms with Crippen LogP contribution in [0.15, 0.2) is 53.4 Å². The highest BCUT2D eigenvalue weighted by Gasteiger charge is 2.25. The summed E-state index contributed by atoms with van der Waals surface area (Å²) in [7, 11) is -3.46. The maximum Gasteiger partial charge on any atom is 0.260 e. The number of para-hydroxylation sites is 1. The maximum absolute atomic E-state index is 12.7. The Labute approximate surface area is 188 Å². The third-order valence-corrected chi connectivity index (χ3v) is 7.18. The van der Waals surface area contributed by atoms with Gasteiger partial charge in [-0.2, -0.15) is 4.31 Å². The molecule has 3 rings (SSSR count). The molecule has 0 spiro atoms. The molecule has 1 saturated heterocycles. The Kier molecular flexibility index (Phi) is 8.17. The highest BCUT2D eigenvalue weighted by molar-refractivity contribution is 7.89. The number of hydrogen-bond donors (Lipinski definition) is 1. The SMILES string of the molecule is CC(Oc1ccccc1Cl)C(=O)NCCOc1ccc(S(=O)(=O)N2CCCCC2)cc1. The van der Waals surface area contributed by atoms with Gasteiger partial charge in [0, 0.05) is 13.1 Å². The lowest BCUT2D eigenvalue weighted by Crippen LogP contribution is -2.38. The van der Waals surface area contributed by atoms with Gasteiger partial charge < -0.3 is 14.8 Å². The van der Waals surface area contributed by atoms with E-state index in [2.05, 4.69) is 5.32 Å². The van der Waals surface area contributed by atoms with Gasteiger partial charge in [0.15, 0.2) is 6.10 Å². The van der Waals surface area contributed by atoms with Crippen LogP contribution in [0, 0.1) is 0 Å². The largest absolute Gasteiger partial charge is 0.492 e. The molecule has 1 aliphatic rings. The van der Waals surface area contributed by atoms with Gasteiger partial charge in [0.25, 0.3) is 5.91 Å². The number of nitrogens with zero attached hydrogens (tertiary/aromatic N) is 1. The van der Waals surface area contributed by atoms with E-state index in [9.17, 15) is 13.2 Å². The predicted molar refractivity (Wildman–Crippen MR) is 119 cm³/mol. The number of carbonyl (C=O) groups excluding carboxylic acids is 1. The Hall–Kier alpha value is -2.29. The van der Waals surface area contributed by atoms with E-state index in [4.69, 9.17) is 21.1 Å². The average molecular weight is 467 g/mol. The Bertz CT molecular complexity index is 976. The molecule has 1 aliphatic heterocycles. The molecule has 1 amide bonds. The van der Waals surface area contributed by atoms with Crippen molar-refractivity contribution in [3.63, 3.8) is 0 Å². The lowest BCUT2D eigenvalue weighted by Gasteiger charge is -2.25. The van der Waals surface area contributed by atoms with E-state index in [-0.39, 0.29) is 24.0 Å². The number of halogens is 1. The summed E-state index contributed by atoms with van der Waals surface area (Å²) in [6.45, 7) is 3.30. The van der Waals surface area contributed by atoms with E-state index in [0.717, 1.165) is 19.3 Å². The molecule has 0 aliphatic carbocycles. The first-order chi connectivity index (χ1) is 14.9. The van der Waals surface area contributed by atoms with Gasteiger partial charge in [0.05, 0.1) is 16.5 Å². The summed E-state index contributed by atoms with van der Waals surface area (Å²) in [5, 5.41) is 3.18. The summed E-state index contributed by atoms with van der Waals surface area (Å²) in [5.41, 5.74) is 0. The van der Waals surface area contributed by atoms with Crippen LogP contribution in [-0.4, -0.2) is 51.0 Å². The van der Waals surface area contributed by atoms with Gasteiger partial charge >= 0.3 is 0 Å². The van der Waals surface area contributed by atoms with Crippen LogP contribution in [0.5, 0.6) is 11.5 Å². The number of hydrogen-bond acceptors (Lipinski definition) is 5. The Morgan fingerprint density at radius 2 is 1.77 bits per heavy atom. The zero-order valence-electron chi connectivity index (χ0n) is 17.4. The van der Waals surface area contributed by atoms with Gasteiger partial charge in [-0.05, 0) is 56.2 Å². The van der Waals surface area contributed by atoms with Gasteiger partial charge in [-0.1, -0.05) is 30.2 Å². The minimum absolute atomic E-state index is 0.239. The molecular weight excluding hydrogens is 440 g/mol.